The monoisotopic (exact) mass is 425 g/mol. The number of rotatable bonds is 6. The molecule has 1 aromatic heterocycles. The van der Waals surface area contributed by atoms with Gasteiger partial charge in [0.25, 0.3) is 5.91 Å². The van der Waals surface area contributed by atoms with Crippen molar-refractivity contribution in [3.8, 4) is 11.5 Å². The molecule has 0 saturated heterocycles. The van der Waals surface area contributed by atoms with E-state index in [9.17, 15) is 4.79 Å². The third-order valence-electron chi connectivity index (χ3n) is 4.45. The van der Waals surface area contributed by atoms with Gasteiger partial charge in [0, 0.05) is 10.1 Å². The summed E-state index contributed by atoms with van der Waals surface area (Å²) in [5.41, 5.74) is 1.05. The van der Waals surface area contributed by atoms with Crippen LogP contribution in [-0.2, 0) is 11.2 Å². The first-order chi connectivity index (χ1) is 14.5. The summed E-state index contributed by atoms with van der Waals surface area (Å²) in [6, 6.07) is 15.5. The molecule has 8 heteroatoms. The molecule has 3 aromatic rings. The van der Waals surface area contributed by atoms with Gasteiger partial charge in [-0.25, -0.2) is 0 Å². The zero-order valence-electron chi connectivity index (χ0n) is 17.0. The number of carbonyl (C=O) groups excluding carboxylic acids is 1. The first-order valence-corrected chi connectivity index (χ1v) is 10.7. The molecule has 7 nitrogen and oxygen atoms in total. The molecular weight excluding hydrogens is 402 g/mol. The minimum atomic E-state index is -0.818. The molecule has 0 radical (unpaired) electrons. The van der Waals surface area contributed by atoms with Gasteiger partial charge >= 0.3 is 6.01 Å². The Labute approximate surface area is 179 Å². The lowest BCUT2D eigenvalue weighted by Crippen LogP contribution is -2.46. The van der Waals surface area contributed by atoms with Crippen LogP contribution >= 0.6 is 11.8 Å². The second-order valence-electron chi connectivity index (χ2n) is 7.29. The molecule has 2 atom stereocenters. The highest BCUT2D eigenvalue weighted by molar-refractivity contribution is 7.99. The van der Waals surface area contributed by atoms with E-state index in [1.165, 1.54) is 4.90 Å². The van der Waals surface area contributed by atoms with Gasteiger partial charge in [-0.1, -0.05) is 43.2 Å². The number of aromatic nitrogens is 2. The summed E-state index contributed by atoms with van der Waals surface area (Å²) in [7, 11) is 0. The van der Waals surface area contributed by atoms with E-state index in [0.29, 0.717) is 29.1 Å². The molecule has 1 aliphatic rings. The minimum Gasteiger partial charge on any atom is -0.482 e. The lowest BCUT2D eigenvalue weighted by molar-refractivity contribution is -0.128. The molecule has 2 heterocycles. The number of carbonyl (C=O) groups is 1. The lowest BCUT2D eigenvalue weighted by atomic mass is 10.1. The highest BCUT2D eigenvalue weighted by Gasteiger charge is 2.34. The largest absolute Gasteiger partial charge is 0.482 e. The third-order valence-corrected chi connectivity index (χ3v) is 5.46. The predicted octanol–water partition coefficient (Wildman–Crippen LogP) is 4.33. The van der Waals surface area contributed by atoms with Gasteiger partial charge in [-0.2, -0.15) is 0 Å². The number of nitrogens with one attached hydrogen (secondary N) is 1. The smallest absolute Gasteiger partial charge is 0.322 e. The number of anilines is 1. The number of hydrogen-bond donors (Lipinski definition) is 1. The molecule has 0 aliphatic carbocycles. The van der Waals surface area contributed by atoms with Gasteiger partial charge in [-0.3, -0.25) is 10.1 Å². The fourth-order valence-corrected chi connectivity index (χ4v) is 3.93. The van der Waals surface area contributed by atoms with Gasteiger partial charge < -0.3 is 13.9 Å². The maximum absolute atomic E-state index is 12.6. The summed E-state index contributed by atoms with van der Waals surface area (Å²) in [5, 5.41) is 11.1. The summed E-state index contributed by atoms with van der Waals surface area (Å²) >= 11 is 1.81. The number of benzene rings is 2. The molecule has 4 rings (SSSR count). The standard InChI is InChI=1S/C22H23N3O4S/c1-13(2)30-16-10-8-15(9-11-16)12-19-24-25-22(29-19)23-21(26)20-14(3)27-17-6-4-5-7-18(17)28-20/h4-11,13-14,20H,12H2,1-3H3,(H,23,25,26). The number of hydrogen-bond acceptors (Lipinski definition) is 7. The van der Waals surface area contributed by atoms with Gasteiger partial charge in [0.2, 0.25) is 12.0 Å². The van der Waals surface area contributed by atoms with Gasteiger partial charge in [0.05, 0.1) is 6.42 Å². The topological polar surface area (TPSA) is 86.5 Å². The summed E-state index contributed by atoms with van der Waals surface area (Å²) in [5.74, 6) is 1.17. The molecule has 1 amide bonds. The van der Waals surface area contributed by atoms with E-state index in [1.807, 2.05) is 36.0 Å². The van der Waals surface area contributed by atoms with E-state index in [2.05, 4.69) is 41.5 Å². The number of thioether (sulfide) groups is 1. The first kappa shape index (κ1) is 20.3. The van der Waals surface area contributed by atoms with E-state index in [-0.39, 0.29) is 6.01 Å². The van der Waals surface area contributed by atoms with E-state index in [0.717, 1.165) is 5.56 Å². The van der Waals surface area contributed by atoms with Gasteiger partial charge in [-0.15, -0.1) is 16.9 Å². The minimum absolute atomic E-state index is 0.0386. The second kappa shape index (κ2) is 8.79. The molecular formula is C22H23N3O4S. The second-order valence-corrected chi connectivity index (χ2v) is 8.94. The molecule has 0 bridgehead atoms. The quantitative estimate of drug-likeness (QED) is 0.588. The summed E-state index contributed by atoms with van der Waals surface area (Å²) in [6.07, 6.45) is -0.784. The normalized spacial score (nSPS) is 17.7. The van der Waals surface area contributed by atoms with Crippen LogP contribution in [0.1, 0.15) is 32.2 Å². The van der Waals surface area contributed by atoms with Crippen LogP contribution in [0, 0.1) is 0 Å². The van der Waals surface area contributed by atoms with E-state index in [1.54, 1.807) is 19.1 Å². The van der Waals surface area contributed by atoms with E-state index < -0.39 is 18.1 Å². The van der Waals surface area contributed by atoms with Crippen LogP contribution < -0.4 is 14.8 Å². The van der Waals surface area contributed by atoms with Crippen LogP contribution in [0.3, 0.4) is 0 Å². The summed E-state index contributed by atoms with van der Waals surface area (Å²) < 4.78 is 17.1. The Morgan fingerprint density at radius 1 is 1.07 bits per heavy atom. The first-order valence-electron chi connectivity index (χ1n) is 9.79. The highest BCUT2D eigenvalue weighted by atomic mass is 32.2. The number of para-hydroxylation sites is 2. The van der Waals surface area contributed by atoms with Gasteiger partial charge in [-0.05, 0) is 36.8 Å². The van der Waals surface area contributed by atoms with Crippen LogP contribution in [0.15, 0.2) is 57.8 Å². The van der Waals surface area contributed by atoms with Crippen molar-refractivity contribution in [3.63, 3.8) is 0 Å². The van der Waals surface area contributed by atoms with Crippen molar-refractivity contribution in [3.05, 3.63) is 60.0 Å². The third kappa shape index (κ3) is 4.76. The van der Waals surface area contributed by atoms with Crippen LogP contribution in [0.25, 0.3) is 0 Å². The van der Waals surface area contributed by atoms with Crippen molar-refractivity contribution in [2.24, 2.45) is 0 Å². The van der Waals surface area contributed by atoms with Crippen molar-refractivity contribution in [2.75, 3.05) is 5.32 Å². The molecule has 30 heavy (non-hydrogen) atoms. The fourth-order valence-electron chi connectivity index (χ4n) is 3.09. The Bertz CT molecular complexity index is 1020. The molecule has 1 aliphatic heterocycles. The number of fused-ring (bicyclic) bond motifs is 1. The zero-order valence-corrected chi connectivity index (χ0v) is 17.8. The Kier molecular flexibility index (Phi) is 5.94. The molecule has 0 saturated carbocycles. The summed E-state index contributed by atoms with van der Waals surface area (Å²) in [6.45, 7) is 6.11. The van der Waals surface area contributed by atoms with Crippen molar-refractivity contribution >= 4 is 23.7 Å². The van der Waals surface area contributed by atoms with Crippen molar-refractivity contribution in [1.82, 2.24) is 10.2 Å². The van der Waals surface area contributed by atoms with E-state index >= 15 is 0 Å². The predicted molar refractivity (Wildman–Crippen MR) is 114 cm³/mol. The summed E-state index contributed by atoms with van der Waals surface area (Å²) in [4.78, 5) is 13.9. The maximum Gasteiger partial charge on any atom is 0.322 e. The number of nitrogens with zero attached hydrogens (tertiary/aromatic N) is 2. The number of amides is 1. The fraction of sp³-hybridized carbons (Fsp3) is 0.318. The van der Waals surface area contributed by atoms with Crippen molar-refractivity contribution in [1.29, 1.82) is 0 Å². The molecule has 156 valence electrons. The Balaban J connectivity index is 1.37. The average Bonchev–Trinajstić information content (AvgIpc) is 3.15. The molecule has 0 fully saturated rings. The van der Waals surface area contributed by atoms with Crippen LogP contribution in [0.5, 0.6) is 11.5 Å². The molecule has 0 spiro atoms. The van der Waals surface area contributed by atoms with Crippen LogP contribution in [0.4, 0.5) is 6.01 Å². The maximum atomic E-state index is 12.6. The Morgan fingerprint density at radius 3 is 2.47 bits per heavy atom. The highest BCUT2D eigenvalue weighted by Crippen LogP contribution is 2.33. The molecule has 2 unspecified atom stereocenters. The lowest BCUT2D eigenvalue weighted by Gasteiger charge is -2.30. The van der Waals surface area contributed by atoms with Crippen molar-refractivity contribution < 1.29 is 18.7 Å². The van der Waals surface area contributed by atoms with Gasteiger partial charge in [0.1, 0.15) is 6.10 Å². The molecule has 1 N–H and O–H groups in total. The zero-order chi connectivity index (χ0) is 21.1. The van der Waals surface area contributed by atoms with E-state index in [4.69, 9.17) is 13.9 Å². The number of ether oxygens (including phenoxy) is 2. The Morgan fingerprint density at radius 2 is 1.77 bits per heavy atom. The Hall–Kier alpha value is -3.00. The molecule has 2 aromatic carbocycles. The van der Waals surface area contributed by atoms with Crippen LogP contribution in [-0.4, -0.2) is 33.6 Å². The average molecular weight is 426 g/mol. The van der Waals surface area contributed by atoms with Crippen LogP contribution in [0.2, 0.25) is 0 Å². The van der Waals surface area contributed by atoms with Crippen molar-refractivity contribution in [2.45, 2.75) is 49.5 Å². The SMILES string of the molecule is CC(C)Sc1ccc(Cc2nnc(NC(=O)C3Oc4ccccc4OC3C)o2)cc1. The van der Waals surface area contributed by atoms with Gasteiger partial charge in [0.15, 0.2) is 11.5 Å².